The minimum Gasteiger partial charge on any atom is -0.405 e. The van der Waals surface area contributed by atoms with Crippen LogP contribution in [0.4, 0.5) is 17.6 Å². The van der Waals surface area contributed by atoms with Crippen molar-refractivity contribution in [1.29, 1.82) is 0 Å². The molecule has 0 aliphatic carbocycles. The average Bonchev–Trinajstić information content (AvgIpc) is 2.43. The fraction of sp³-hybridized carbons (Fsp3) is 0.357. The predicted molar refractivity (Wildman–Crippen MR) is 75.1 cm³/mol. The van der Waals surface area contributed by atoms with Crippen LogP contribution in [-0.2, 0) is 11.3 Å². The largest absolute Gasteiger partial charge is 0.573 e. The van der Waals surface area contributed by atoms with E-state index in [0.29, 0.717) is 19.2 Å². The number of hydrogen-bond donors (Lipinski definition) is 0. The third-order valence-electron chi connectivity index (χ3n) is 3.23. The lowest BCUT2D eigenvalue weighted by atomic mass is 10.1. The molecule has 1 aliphatic rings. The van der Waals surface area contributed by atoms with E-state index in [4.69, 9.17) is 11.6 Å². The van der Waals surface area contributed by atoms with Crippen LogP contribution in [0.5, 0.6) is 5.75 Å². The Morgan fingerprint density at radius 2 is 2.04 bits per heavy atom. The number of rotatable bonds is 4. The van der Waals surface area contributed by atoms with Crippen LogP contribution < -0.4 is 4.74 Å². The second-order valence-electron chi connectivity index (χ2n) is 4.86. The number of alkyl halides is 3. The Balaban J connectivity index is 2.12. The lowest BCUT2D eigenvalue weighted by Crippen LogP contribution is -2.47. The van der Waals surface area contributed by atoms with Crippen molar-refractivity contribution in [3.05, 3.63) is 41.3 Å². The molecule has 0 radical (unpaired) electrons. The molecule has 0 spiro atoms. The zero-order chi connectivity index (χ0) is 17.0. The van der Waals surface area contributed by atoms with Gasteiger partial charge in [-0.15, -0.1) is 13.2 Å². The van der Waals surface area contributed by atoms with Gasteiger partial charge in [0.25, 0.3) is 0 Å². The monoisotopic (exact) mass is 352 g/mol. The van der Waals surface area contributed by atoms with Crippen molar-refractivity contribution in [2.75, 3.05) is 19.6 Å². The van der Waals surface area contributed by atoms with Gasteiger partial charge in [0.1, 0.15) is 11.6 Å². The Bertz CT molecular complexity index is 607. The van der Waals surface area contributed by atoms with Crippen molar-refractivity contribution in [2.45, 2.75) is 12.9 Å². The Labute approximate surface area is 134 Å². The van der Waals surface area contributed by atoms with E-state index in [1.807, 2.05) is 0 Å². The molecule has 1 amide bonds. The van der Waals surface area contributed by atoms with Crippen LogP contribution >= 0.6 is 11.6 Å². The van der Waals surface area contributed by atoms with Crippen LogP contribution in [0.3, 0.4) is 0 Å². The number of benzene rings is 1. The van der Waals surface area contributed by atoms with Gasteiger partial charge in [0.15, 0.2) is 0 Å². The maximum Gasteiger partial charge on any atom is 0.573 e. The van der Waals surface area contributed by atoms with Crippen LogP contribution in [0.15, 0.2) is 29.9 Å². The summed E-state index contributed by atoms with van der Waals surface area (Å²) < 4.78 is 54.2. The SMILES string of the molecule is O=C1CN(/C=C\Cl)CCN1Cc1ccc(F)cc1OC(F)(F)F. The number of piperazine rings is 1. The molecule has 0 bridgehead atoms. The summed E-state index contributed by atoms with van der Waals surface area (Å²) in [5.74, 6) is -1.77. The molecule has 0 N–H and O–H groups in total. The van der Waals surface area contributed by atoms with Crippen molar-refractivity contribution in [3.8, 4) is 5.75 Å². The Morgan fingerprint density at radius 3 is 2.65 bits per heavy atom. The summed E-state index contributed by atoms with van der Waals surface area (Å²) in [6.07, 6.45) is -3.39. The van der Waals surface area contributed by atoms with Crippen LogP contribution in [0.25, 0.3) is 0 Å². The van der Waals surface area contributed by atoms with E-state index in [9.17, 15) is 22.4 Å². The molecule has 126 valence electrons. The predicted octanol–water partition coefficient (Wildman–Crippen LogP) is 3.08. The molecule has 1 aromatic rings. The highest BCUT2D eigenvalue weighted by molar-refractivity contribution is 6.25. The maximum atomic E-state index is 13.2. The van der Waals surface area contributed by atoms with Gasteiger partial charge < -0.3 is 14.5 Å². The minimum atomic E-state index is -4.93. The van der Waals surface area contributed by atoms with Crippen molar-refractivity contribution in [3.63, 3.8) is 0 Å². The number of nitrogens with zero attached hydrogens (tertiary/aromatic N) is 2. The quantitative estimate of drug-likeness (QED) is 0.781. The summed E-state index contributed by atoms with van der Waals surface area (Å²) in [5.41, 5.74) is 1.36. The third-order valence-corrected chi connectivity index (χ3v) is 3.34. The highest BCUT2D eigenvalue weighted by Gasteiger charge is 2.33. The van der Waals surface area contributed by atoms with Crippen LogP contribution in [0.2, 0.25) is 0 Å². The third kappa shape index (κ3) is 5.02. The first-order chi connectivity index (χ1) is 10.8. The number of halogens is 5. The van der Waals surface area contributed by atoms with Crippen molar-refractivity contribution in [2.24, 2.45) is 0 Å². The van der Waals surface area contributed by atoms with Gasteiger partial charge in [-0.25, -0.2) is 4.39 Å². The molecule has 1 aromatic carbocycles. The molecule has 1 fully saturated rings. The molecular formula is C14H13ClF4N2O2. The van der Waals surface area contributed by atoms with Crippen molar-refractivity contribution < 1.29 is 27.1 Å². The molecular weight excluding hydrogens is 340 g/mol. The van der Waals surface area contributed by atoms with Gasteiger partial charge in [-0.2, -0.15) is 0 Å². The van der Waals surface area contributed by atoms with Gasteiger partial charge in [0, 0.05) is 43.0 Å². The summed E-state index contributed by atoms with van der Waals surface area (Å²) in [6.45, 7) is 0.775. The molecule has 1 aliphatic heterocycles. The molecule has 1 heterocycles. The lowest BCUT2D eigenvalue weighted by Gasteiger charge is -2.33. The smallest absolute Gasteiger partial charge is 0.405 e. The highest BCUT2D eigenvalue weighted by Crippen LogP contribution is 2.28. The minimum absolute atomic E-state index is 0.0693. The first kappa shape index (κ1) is 17.4. The molecule has 23 heavy (non-hydrogen) atoms. The number of hydrogen-bond acceptors (Lipinski definition) is 3. The number of carbonyl (C=O) groups excluding carboxylic acids is 1. The summed E-state index contributed by atoms with van der Waals surface area (Å²) in [7, 11) is 0. The van der Waals surface area contributed by atoms with Crippen LogP contribution in [-0.4, -0.2) is 41.7 Å². The first-order valence-electron chi connectivity index (χ1n) is 6.61. The zero-order valence-electron chi connectivity index (χ0n) is 11.8. The van der Waals surface area contributed by atoms with Gasteiger partial charge in [-0.1, -0.05) is 17.7 Å². The summed E-state index contributed by atoms with van der Waals surface area (Å²) >= 11 is 5.44. The van der Waals surface area contributed by atoms with Gasteiger partial charge in [-0.3, -0.25) is 4.79 Å². The molecule has 2 rings (SSSR count). The second-order valence-corrected chi connectivity index (χ2v) is 5.11. The zero-order valence-corrected chi connectivity index (χ0v) is 12.6. The molecule has 0 saturated carbocycles. The topological polar surface area (TPSA) is 32.8 Å². The Hall–Kier alpha value is -1.96. The van der Waals surface area contributed by atoms with E-state index in [1.54, 1.807) is 11.1 Å². The fourth-order valence-corrected chi connectivity index (χ4v) is 2.34. The van der Waals surface area contributed by atoms with Crippen molar-refractivity contribution in [1.82, 2.24) is 9.80 Å². The van der Waals surface area contributed by atoms with Gasteiger partial charge >= 0.3 is 6.36 Å². The average molecular weight is 353 g/mol. The van der Waals surface area contributed by atoms with Crippen molar-refractivity contribution >= 4 is 17.5 Å². The number of carbonyl (C=O) groups is 1. The highest BCUT2D eigenvalue weighted by atomic mass is 35.5. The van der Waals surface area contributed by atoms with Crippen LogP contribution in [0, 0.1) is 5.82 Å². The van der Waals surface area contributed by atoms with Gasteiger partial charge in [0.2, 0.25) is 5.91 Å². The van der Waals surface area contributed by atoms with E-state index in [0.717, 1.165) is 6.07 Å². The van der Waals surface area contributed by atoms with E-state index >= 15 is 0 Å². The van der Waals surface area contributed by atoms with Crippen LogP contribution in [0.1, 0.15) is 5.56 Å². The maximum absolute atomic E-state index is 13.2. The second kappa shape index (κ2) is 7.08. The van der Waals surface area contributed by atoms with Gasteiger partial charge in [-0.05, 0) is 6.07 Å². The van der Waals surface area contributed by atoms with E-state index in [-0.39, 0.29) is 24.6 Å². The normalized spacial score (nSPS) is 16.3. The molecule has 0 atom stereocenters. The fourth-order valence-electron chi connectivity index (χ4n) is 2.19. The molecule has 0 unspecified atom stereocenters. The molecule has 4 nitrogen and oxygen atoms in total. The number of amides is 1. The molecule has 1 saturated heterocycles. The summed E-state index contributed by atoms with van der Waals surface area (Å²) in [5, 5.41) is 0. The summed E-state index contributed by atoms with van der Waals surface area (Å²) in [4.78, 5) is 15.1. The number of ether oxygens (including phenoxy) is 1. The summed E-state index contributed by atoms with van der Waals surface area (Å²) in [6, 6.07) is 2.85. The molecule has 0 aromatic heterocycles. The van der Waals surface area contributed by atoms with E-state index < -0.39 is 17.9 Å². The standard InChI is InChI=1S/C14H13ClF4N2O2/c15-3-4-20-5-6-21(13(22)9-20)8-10-1-2-11(16)7-12(10)23-14(17,18)19/h1-4,7H,5-6,8-9H2/b4-3-. The first-order valence-corrected chi connectivity index (χ1v) is 7.05. The lowest BCUT2D eigenvalue weighted by molar-refractivity contribution is -0.275. The Kier molecular flexibility index (Phi) is 5.35. The molecule has 9 heteroatoms. The van der Waals surface area contributed by atoms with E-state index in [2.05, 4.69) is 4.74 Å². The van der Waals surface area contributed by atoms with E-state index in [1.165, 1.54) is 16.5 Å². The van der Waals surface area contributed by atoms with Gasteiger partial charge in [0.05, 0.1) is 6.54 Å². The Morgan fingerprint density at radius 1 is 1.30 bits per heavy atom.